The Balaban J connectivity index is 1.35. The number of nitrogens with zero attached hydrogens (tertiary/aromatic N) is 2. The summed E-state index contributed by atoms with van der Waals surface area (Å²) in [6.45, 7) is 3.64. The van der Waals surface area contributed by atoms with Crippen LogP contribution in [-0.2, 0) is 9.84 Å². The average Bonchev–Trinajstić information content (AvgIpc) is 3.69. The topological polar surface area (TPSA) is 79.4 Å². The zero-order chi connectivity index (χ0) is 21.6. The molecule has 1 aromatic carbocycles. The molecule has 6 nitrogen and oxygen atoms in total. The second-order valence-electron chi connectivity index (χ2n) is 9.52. The first kappa shape index (κ1) is 20.5. The van der Waals surface area contributed by atoms with Gasteiger partial charge in [-0.15, -0.1) is 0 Å². The highest BCUT2D eigenvalue weighted by Crippen LogP contribution is 2.53. The van der Waals surface area contributed by atoms with Gasteiger partial charge in [0.25, 0.3) is 5.91 Å². The maximum atomic E-state index is 13.1. The summed E-state index contributed by atoms with van der Waals surface area (Å²) in [4.78, 5) is 20.2. The largest absolute Gasteiger partial charge is 0.356 e. The van der Waals surface area contributed by atoms with Crippen LogP contribution < -0.4 is 10.2 Å². The van der Waals surface area contributed by atoms with E-state index in [0.29, 0.717) is 32.9 Å². The van der Waals surface area contributed by atoms with Gasteiger partial charge >= 0.3 is 0 Å². The Morgan fingerprint density at radius 3 is 2.58 bits per heavy atom. The number of carbonyl (C=O) groups is 1. The fourth-order valence-corrected chi connectivity index (χ4v) is 6.59. The number of rotatable bonds is 6. The Labute approximate surface area is 184 Å². The third-order valence-electron chi connectivity index (χ3n) is 7.05. The van der Waals surface area contributed by atoms with E-state index in [4.69, 9.17) is 0 Å². The molecule has 1 amide bonds. The highest BCUT2D eigenvalue weighted by Gasteiger charge is 2.44. The standard InChI is InChI=1S/C24H29N3O3S/c1-17-4-7-19(15-21(17)31(29,30)16-18-5-6-18)26-23(28)20-3-2-12-25-22(20)27-13-10-24(8-9-24)11-14-27/h2-4,7,12,15,18H,5-6,8-11,13-14,16H2,1H3,(H,26,28). The number of hydrogen-bond donors (Lipinski definition) is 1. The third-order valence-corrected chi connectivity index (χ3v) is 9.07. The molecule has 164 valence electrons. The van der Waals surface area contributed by atoms with E-state index >= 15 is 0 Å². The molecular formula is C24H29N3O3S. The van der Waals surface area contributed by atoms with Crippen LogP contribution in [0.4, 0.5) is 11.5 Å². The van der Waals surface area contributed by atoms with Gasteiger partial charge in [0.2, 0.25) is 0 Å². The van der Waals surface area contributed by atoms with Gasteiger partial charge in [-0.3, -0.25) is 4.79 Å². The molecule has 2 heterocycles. The van der Waals surface area contributed by atoms with Crippen molar-refractivity contribution in [3.8, 4) is 0 Å². The quantitative estimate of drug-likeness (QED) is 0.729. The van der Waals surface area contributed by atoms with Crippen LogP contribution in [0.2, 0.25) is 0 Å². The maximum Gasteiger partial charge on any atom is 0.259 e. The van der Waals surface area contributed by atoms with Gasteiger partial charge in [-0.25, -0.2) is 13.4 Å². The predicted molar refractivity (Wildman–Crippen MR) is 121 cm³/mol. The van der Waals surface area contributed by atoms with Crippen molar-refractivity contribution >= 4 is 27.2 Å². The van der Waals surface area contributed by atoms with Gasteiger partial charge in [0.1, 0.15) is 5.82 Å². The zero-order valence-electron chi connectivity index (χ0n) is 17.9. The van der Waals surface area contributed by atoms with Crippen LogP contribution in [-0.4, -0.2) is 38.2 Å². The van der Waals surface area contributed by atoms with Gasteiger partial charge < -0.3 is 10.2 Å². The van der Waals surface area contributed by atoms with Crippen molar-refractivity contribution in [3.05, 3.63) is 47.7 Å². The van der Waals surface area contributed by atoms with E-state index < -0.39 is 9.84 Å². The molecule has 2 aliphatic carbocycles. The van der Waals surface area contributed by atoms with E-state index in [2.05, 4.69) is 15.2 Å². The Morgan fingerprint density at radius 2 is 1.90 bits per heavy atom. The molecule has 2 aromatic rings. The average molecular weight is 440 g/mol. The molecule has 0 radical (unpaired) electrons. The van der Waals surface area contributed by atoms with Crippen LogP contribution in [0.25, 0.3) is 0 Å². The Kier molecular flexibility index (Phi) is 5.04. The smallest absolute Gasteiger partial charge is 0.259 e. The minimum Gasteiger partial charge on any atom is -0.356 e. The molecule has 1 spiro atoms. The summed E-state index contributed by atoms with van der Waals surface area (Å²) in [5.74, 6) is 0.919. The summed E-state index contributed by atoms with van der Waals surface area (Å²) in [6, 6.07) is 8.68. The van der Waals surface area contributed by atoms with E-state index in [-0.39, 0.29) is 17.6 Å². The number of nitrogens with one attached hydrogen (secondary N) is 1. The summed E-state index contributed by atoms with van der Waals surface area (Å²) in [6.07, 6.45) is 8.66. The molecular weight excluding hydrogens is 410 g/mol. The molecule has 7 heteroatoms. The number of anilines is 2. The number of benzene rings is 1. The van der Waals surface area contributed by atoms with E-state index in [1.54, 1.807) is 43.5 Å². The van der Waals surface area contributed by atoms with Crippen molar-refractivity contribution in [1.29, 1.82) is 0 Å². The van der Waals surface area contributed by atoms with E-state index in [0.717, 1.165) is 38.8 Å². The van der Waals surface area contributed by atoms with Crippen LogP contribution in [0.3, 0.4) is 0 Å². The second kappa shape index (κ2) is 7.62. The zero-order valence-corrected chi connectivity index (χ0v) is 18.7. The summed E-state index contributed by atoms with van der Waals surface area (Å²) in [5, 5.41) is 2.90. The summed E-state index contributed by atoms with van der Waals surface area (Å²) in [5.41, 5.74) is 2.29. The molecule has 31 heavy (non-hydrogen) atoms. The predicted octanol–water partition coefficient (Wildman–Crippen LogP) is 4.21. The van der Waals surface area contributed by atoms with E-state index in [9.17, 15) is 13.2 Å². The Bertz CT molecular complexity index is 1110. The van der Waals surface area contributed by atoms with Crippen molar-refractivity contribution in [2.45, 2.75) is 50.3 Å². The number of piperidine rings is 1. The SMILES string of the molecule is Cc1ccc(NC(=O)c2cccnc2N2CCC3(CC2)CC3)cc1S(=O)(=O)CC1CC1. The van der Waals surface area contributed by atoms with Crippen molar-refractivity contribution in [2.75, 3.05) is 29.1 Å². The number of sulfone groups is 1. The lowest BCUT2D eigenvalue weighted by molar-refractivity contribution is 0.102. The van der Waals surface area contributed by atoms with Crippen LogP contribution in [0.5, 0.6) is 0 Å². The molecule has 0 atom stereocenters. The number of amides is 1. The van der Waals surface area contributed by atoms with E-state index in [1.807, 2.05) is 0 Å². The van der Waals surface area contributed by atoms with Gasteiger partial charge in [-0.1, -0.05) is 6.07 Å². The fourth-order valence-electron chi connectivity index (χ4n) is 4.59. The van der Waals surface area contributed by atoms with Crippen LogP contribution >= 0.6 is 0 Å². The molecule has 0 unspecified atom stereocenters. The molecule has 1 saturated heterocycles. The molecule has 1 aliphatic heterocycles. The lowest BCUT2D eigenvalue weighted by atomic mass is 9.93. The molecule has 3 fully saturated rings. The number of hydrogen-bond acceptors (Lipinski definition) is 5. The minimum atomic E-state index is -3.35. The molecule has 2 saturated carbocycles. The highest BCUT2D eigenvalue weighted by atomic mass is 32.2. The fraction of sp³-hybridized carbons (Fsp3) is 0.500. The third kappa shape index (κ3) is 4.33. The van der Waals surface area contributed by atoms with Crippen LogP contribution in [0.1, 0.15) is 54.4 Å². The summed E-state index contributed by atoms with van der Waals surface area (Å²) < 4.78 is 25.6. The summed E-state index contributed by atoms with van der Waals surface area (Å²) in [7, 11) is -3.35. The highest BCUT2D eigenvalue weighted by molar-refractivity contribution is 7.91. The number of aromatic nitrogens is 1. The summed E-state index contributed by atoms with van der Waals surface area (Å²) >= 11 is 0. The van der Waals surface area contributed by atoms with Gasteiger partial charge in [0, 0.05) is 25.0 Å². The van der Waals surface area contributed by atoms with Crippen molar-refractivity contribution in [1.82, 2.24) is 4.98 Å². The van der Waals surface area contributed by atoms with Gasteiger partial charge in [0.15, 0.2) is 9.84 Å². The Hall–Kier alpha value is -2.41. The lowest BCUT2D eigenvalue weighted by Gasteiger charge is -2.33. The van der Waals surface area contributed by atoms with Crippen molar-refractivity contribution < 1.29 is 13.2 Å². The molecule has 3 aliphatic rings. The molecule has 1 N–H and O–H groups in total. The first-order valence-corrected chi connectivity index (χ1v) is 12.9. The van der Waals surface area contributed by atoms with Crippen LogP contribution in [0.15, 0.2) is 41.4 Å². The first-order valence-electron chi connectivity index (χ1n) is 11.2. The molecule has 1 aromatic heterocycles. The maximum absolute atomic E-state index is 13.1. The van der Waals surface area contributed by atoms with Gasteiger partial charge in [-0.05, 0) is 86.6 Å². The second-order valence-corrected chi connectivity index (χ2v) is 11.5. The molecule has 0 bridgehead atoms. The van der Waals surface area contributed by atoms with Crippen molar-refractivity contribution in [3.63, 3.8) is 0 Å². The van der Waals surface area contributed by atoms with Gasteiger partial charge in [0.05, 0.1) is 16.2 Å². The minimum absolute atomic E-state index is 0.189. The Morgan fingerprint density at radius 1 is 1.16 bits per heavy atom. The van der Waals surface area contributed by atoms with Crippen LogP contribution in [0, 0.1) is 18.3 Å². The lowest BCUT2D eigenvalue weighted by Crippen LogP contribution is -2.36. The first-order chi connectivity index (χ1) is 14.9. The monoisotopic (exact) mass is 439 g/mol. The number of pyridine rings is 1. The number of aryl methyl sites for hydroxylation is 1. The normalized spacial score (nSPS) is 20.0. The van der Waals surface area contributed by atoms with E-state index in [1.165, 1.54) is 12.8 Å². The van der Waals surface area contributed by atoms with Crippen molar-refractivity contribution in [2.24, 2.45) is 11.3 Å². The number of carbonyl (C=O) groups excluding carboxylic acids is 1. The molecule has 5 rings (SSSR count). The van der Waals surface area contributed by atoms with Gasteiger partial charge in [-0.2, -0.15) is 0 Å².